The van der Waals surface area contributed by atoms with Gasteiger partial charge in [-0.3, -0.25) is 0 Å². The van der Waals surface area contributed by atoms with Crippen molar-refractivity contribution in [2.24, 2.45) is 0 Å². The average molecular weight is 498 g/mol. The fraction of sp³-hybridized carbons (Fsp3) is 0.143. The van der Waals surface area contributed by atoms with Crippen molar-refractivity contribution in [3.8, 4) is 10.6 Å². The summed E-state index contributed by atoms with van der Waals surface area (Å²) in [6, 6.07) is 16.5. The Morgan fingerprint density at radius 1 is 1.15 bits per heavy atom. The number of rotatable bonds is 6. The zero-order valence-electron chi connectivity index (χ0n) is 17.2. The number of nitrogens with zero attached hydrogens (tertiary/aromatic N) is 6. The lowest BCUT2D eigenvalue weighted by atomic mass is 9.96. The van der Waals surface area contributed by atoms with Crippen molar-refractivity contribution < 1.29 is 9.53 Å². The molecular weight excluding hydrogens is 482 g/mol. The molecule has 33 heavy (non-hydrogen) atoms. The first-order valence-electron chi connectivity index (χ1n) is 9.78. The van der Waals surface area contributed by atoms with Crippen LogP contribution in [0.4, 0.5) is 5.95 Å². The molecule has 0 fully saturated rings. The fourth-order valence-corrected chi connectivity index (χ4v) is 5.55. The van der Waals surface area contributed by atoms with Crippen molar-refractivity contribution in [3.05, 3.63) is 76.5 Å². The van der Waals surface area contributed by atoms with E-state index >= 15 is 0 Å². The number of halogens is 1. The molecule has 0 aliphatic carbocycles. The summed E-state index contributed by atoms with van der Waals surface area (Å²) in [6.45, 7) is 0. The van der Waals surface area contributed by atoms with Gasteiger partial charge in [-0.25, -0.2) is 4.79 Å². The van der Waals surface area contributed by atoms with Crippen molar-refractivity contribution in [3.63, 3.8) is 0 Å². The van der Waals surface area contributed by atoms with E-state index in [2.05, 4.69) is 31.0 Å². The van der Waals surface area contributed by atoms with Gasteiger partial charge in [0.15, 0.2) is 4.34 Å². The van der Waals surface area contributed by atoms with E-state index < -0.39 is 12.0 Å². The minimum absolute atomic E-state index is 0.380. The Morgan fingerprint density at radius 2 is 1.94 bits per heavy atom. The van der Waals surface area contributed by atoms with E-state index in [1.54, 1.807) is 6.07 Å². The molecule has 0 radical (unpaired) electrons. The number of tetrazole rings is 1. The summed E-state index contributed by atoms with van der Waals surface area (Å²) in [5, 5.41) is 25.0. The van der Waals surface area contributed by atoms with Gasteiger partial charge in [-0.05, 0) is 16.5 Å². The fourth-order valence-electron chi connectivity index (χ4n) is 3.48. The Hall–Kier alpha value is -3.28. The summed E-state index contributed by atoms with van der Waals surface area (Å²) in [4.78, 5) is 12.9. The smallest absolute Gasteiger partial charge is 0.338 e. The number of esters is 1. The second-order valence-electron chi connectivity index (χ2n) is 6.91. The number of hydrogen-bond donors (Lipinski definition) is 1. The average Bonchev–Trinajstić information content (AvgIpc) is 3.52. The Bertz CT molecular complexity index is 1340. The molecule has 1 aliphatic rings. The SMILES string of the molecule is COC(=O)C1=C(CSc2nnc(-c3ccccc3)s2)Nc2nnnn2C1c1ccccc1Cl. The Labute approximate surface area is 201 Å². The second-order valence-corrected chi connectivity index (χ2v) is 9.51. The van der Waals surface area contributed by atoms with Gasteiger partial charge < -0.3 is 10.1 Å². The van der Waals surface area contributed by atoms with Crippen LogP contribution in [0.3, 0.4) is 0 Å². The molecule has 0 saturated carbocycles. The molecule has 12 heteroatoms. The van der Waals surface area contributed by atoms with Crippen LogP contribution in [0.2, 0.25) is 5.02 Å². The van der Waals surface area contributed by atoms with Crippen LogP contribution in [-0.4, -0.2) is 49.2 Å². The number of carbonyl (C=O) groups is 1. The first-order chi connectivity index (χ1) is 16.2. The number of benzene rings is 2. The van der Waals surface area contributed by atoms with Crippen LogP contribution in [0.1, 0.15) is 11.6 Å². The molecule has 1 aliphatic heterocycles. The molecule has 1 atom stereocenters. The predicted molar refractivity (Wildman–Crippen MR) is 126 cm³/mol. The van der Waals surface area contributed by atoms with Crippen LogP contribution in [0.25, 0.3) is 10.6 Å². The number of ether oxygens (including phenoxy) is 1. The molecular formula is C21H16ClN7O2S2. The summed E-state index contributed by atoms with van der Waals surface area (Å²) in [6.07, 6.45) is 0. The molecule has 2 aromatic heterocycles. The summed E-state index contributed by atoms with van der Waals surface area (Å²) in [5.41, 5.74) is 2.70. The van der Waals surface area contributed by atoms with Crippen molar-refractivity contribution >= 4 is 46.6 Å². The lowest BCUT2D eigenvalue weighted by Gasteiger charge is -2.28. The van der Waals surface area contributed by atoms with Gasteiger partial charge in [0.25, 0.3) is 0 Å². The van der Waals surface area contributed by atoms with Gasteiger partial charge in [0.05, 0.1) is 12.7 Å². The van der Waals surface area contributed by atoms with Crippen molar-refractivity contribution in [1.82, 2.24) is 30.4 Å². The van der Waals surface area contributed by atoms with Crippen LogP contribution in [0, 0.1) is 0 Å². The highest BCUT2D eigenvalue weighted by molar-refractivity contribution is 8.01. The summed E-state index contributed by atoms with van der Waals surface area (Å²) >= 11 is 9.43. The van der Waals surface area contributed by atoms with Crippen LogP contribution in [0.5, 0.6) is 0 Å². The lowest BCUT2D eigenvalue weighted by molar-refractivity contribution is -0.136. The van der Waals surface area contributed by atoms with Gasteiger partial charge in [-0.2, -0.15) is 4.68 Å². The molecule has 3 heterocycles. The van der Waals surface area contributed by atoms with E-state index in [0.717, 1.165) is 14.9 Å². The highest BCUT2D eigenvalue weighted by atomic mass is 35.5. The van der Waals surface area contributed by atoms with Gasteiger partial charge in [0.2, 0.25) is 5.95 Å². The monoisotopic (exact) mass is 497 g/mol. The van der Waals surface area contributed by atoms with Gasteiger partial charge in [0.1, 0.15) is 11.0 Å². The van der Waals surface area contributed by atoms with Crippen molar-refractivity contribution in [2.75, 3.05) is 18.2 Å². The minimum atomic E-state index is -0.637. The summed E-state index contributed by atoms with van der Waals surface area (Å²) < 4.78 is 7.42. The third kappa shape index (κ3) is 4.22. The first kappa shape index (κ1) is 21.6. The topological polar surface area (TPSA) is 108 Å². The normalized spacial score (nSPS) is 15.2. The lowest BCUT2D eigenvalue weighted by Crippen LogP contribution is -2.31. The van der Waals surface area contributed by atoms with Crippen LogP contribution < -0.4 is 5.32 Å². The van der Waals surface area contributed by atoms with Gasteiger partial charge in [-0.15, -0.1) is 10.2 Å². The largest absolute Gasteiger partial charge is 0.466 e. The molecule has 9 nitrogen and oxygen atoms in total. The zero-order valence-corrected chi connectivity index (χ0v) is 19.6. The Kier molecular flexibility index (Phi) is 6.07. The molecule has 0 saturated heterocycles. The Morgan fingerprint density at radius 3 is 2.73 bits per heavy atom. The van der Waals surface area contributed by atoms with Gasteiger partial charge >= 0.3 is 5.97 Å². The number of hydrogen-bond acceptors (Lipinski definition) is 10. The van der Waals surface area contributed by atoms with Crippen molar-refractivity contribution in [1.29, 1.82) is 0 Å². The third-order valence-electron chi connectivity index (χ3n) is 4.97. The molecule has 1 N–H and O–H groups in total. The molecule has 4 aromatic rings. The highest BCUT2D eigenvalue weighted by Gasteiger charge is 2.37. The highest BCUT2D eigenvalue weighted by Crippen LogP contribution is 2.39. The maximum atomic E-state index is 12.9. The Balaban J connectivity index is 1.50. The number of nitrogens with one attached hydrogen (secondary N) is 1. The molecule has 2 aromatic carbocycles. The number of anilines is 1. The zero-order chi connectivity index (χ0) is 22.8. The van der Waals surface area contributed by atoms with Crippen LogP contribution in [0.15, 0.2) is 70.2 Å². The van der Waals surface area contributed by atoms with Gasteiger partial charge in [-0.1, -0.05) is 88.3 Å². The number of carbonyl (C=O) groups excluding carboxylic acids is 1. The van der Waals surface area contributed by atoms with E-state index in [4.69, 9.17) is 16.3 Å². The van der Waals surface area contributed by atoms with Crippen LogP contribution >= 0.6 is 34.7 Å². The van der Waals surface area contributed by atoms with E-state index in [-0.39, 0.29) is 0 Å². The van der Waals surface area contributed by atoms with Crippen LogP contribution in [-0.2, 0) is 9.53 Å². The van der Waals surface area contributed by atoms with E-state index in [1.807, 2.05) is 48.5 Å². The first-order valence-corrected chi connectivity index (χ1v) is 12.0. The number of aromatic nitrogens is 6. The van der Waals surface area contributed by atoms with E-state index in [9.17, 15) is 4.79 Å². The molecule has 5 rings (SSSR count). The summed E-state index contributed by atoms with van der Waals surface area (Å²) in [5.74, 6) is 0.318. The van der Waals surface area contributed by atoms with Crippen molar-refractivity contribution in [2.45, 2.75) is 10.4 Å². The predicted octanol–water partition coefficient (Wildman–Crippen LogP) is 4.08. The minimum Gasteiger partial charge on any atom is -0.466 e. The van der Waals surface area contributed by atoms with E-state index in [1.165, 1.54) is 34.9 Å². The maximum absolute atomic E-state index is 12.9. The van der Waals surface area contributed by atoms with E-state index in [0.29, 0.717) is 33.6 Å². The number of fused-ring (bicyclic) bond motifs is 1. The third-order valence-corrected chi connectivity index (χ3v) is 7.45. The molecule has 166 valence electrons. The maximum Gasteiger partial charge on any atom is 0.338 e. The van der Waals surface area contributed by atoms with Gasteiger partial charge in [0, 0.05) is 27.6 Å². The standard InChI is InChI=1S/C21H16ClN7O2S2/c1-31-19(30)16-15(11-32-21-26-24-18(33-21)12-7-3-2-4-8-12)23-20-25-27-28-29(20)17(16)13-9-5-6-10-14(13)22/h2-10,17H,11H2,1H3,(H,23,25,28). The molecule has 0 amide bonds. The molecule has 0 spiro atoms. The summed E-state index contributed by atoms with van der Waals surface area (Å²) in [7, 11) is 1.34. The number of methoxy groups -OCH3 is 1. The quantitative estimate of drug-likeness (QED) is 0.311. The second kappa shape index (κ2) is 9.30. The number of thioether (sulfide) groups is 1. The molecule has 0 bridgehead atoms. The molecule has 1 unspecified atom stereocenters.